The third-order valence-corrected chi connectivity index (χ3v) is 8.56. The number of imide groups is 1. The van der Waals surface area contributed by atoms with E-state index in [1.54, 1.807) is 0 Å². The van der Waals surface area contributed by atoms with E-state index >= 15 is 0 Å². The van der Waals surface area contributed by atoms with Crippen LogP contribution in [0.4, 0.5) is 0 Å². The van der Waals surface area contributed by atoms with Crippen LogP contribution < -0.4 is 4.74 Å². The lowest BCUT2D eigenvalue weighted by molar-refractivity contribution is -0.154. The molecular formula is C31H22Cl4N2O6. The lowest BCUT2D eigenvalue weighted by Gasteiger charge is -2.30. The predicted octanol–water partition coefficient (Wildman–Crippen LogP) is 7.10. The molecule has 220 valence electrons. The maximum atomic E-state index is 13.7. The number of hydrazine groups is 1. The highest BCUT2D eigenvalue weighted by Crippen LogP contribution is 2.39. The molecule has 0 unspecified atom stereocenters. The van der Waals surface area contributed by atoms with Gasteiger partial charge < -0.3 is 4.74 Å². The molecule has 0 spiro atoms. The third-order valence-electron chi connectivity index (χ3n) is 7.27. The van der Waals surface area contributed by atoms with Crippen LogP contribution in [0.2, 0.25) is 20.1 Å². The predicted molar refractivity (Wildman–Crippen MR) is 162 cm³/mol. The standard InChI is InChI=1S/C31H22Cl4N2O6/c1-16-2-9-21-23(12-16)30(41)37(29(21)40)36(28(39)18-5-11-24(33)26(35)13-18)15-27(38)17-3-7-20(8-4-17)43-31(42)22-10-6-19(32)14-25(22)34/h2-8,10-11,13-14,21,23H,9,12,15H2,1H3/t21-,23+/m1/s1. The van der Waals surface area contributed by atoms with Gasteiger partial charge in [0, 0.05) is 16.1 Å². The highest BCUT2D eigenvalue weighted by molar-refractivity contribution is 6.42. The summed E-state index contributed by atoms with van der Waals surface area (Å²) in [4.78, 5) is 66.6. The zero-order chi connectivity index (χ0) is 31.0. The largest absolute Gasteiger partial charge is 0.423 e. The summed E-state index contributed by atoms with van der Waals surface area (Å²) in [5, 5.41) is 2.43. The normalized spacial score (nSPS) is 17.8. The van der Waals surface area contributed by atoms with E-state index in [1.807, 2.05) is 13.0 Å². The number of carbonyl (C=O) groups is 5. The minimum atomic E-state index is -0.776. The van der Waals surface area contributed by atoms with E-state index in [4.69, 9.17) is 51.1 Å². The van der Waals surface area contributed by atoms with Crippen molar-refractivity contribution in [3.8, 4) is 5.75 Å². The van der Waals surface area contributed by atoms with Crippen molar-refractivity contribution in [3.63, 3.8) is 0 Å². The van der Waals surface area contributed by atoms with Crippen molar-refractivity contribution in [3.05, 3.63) is 109 Å². The number of allylic oxidation sites excluding steroid dienone is 2. The van der Waals surface area contributed by atoms with Crippen LogP contribution in [-0.2, 0) is 9.59 Å². The molecular weight excluding hydrogens is 638 g/mol. The first-order valence-electron chi connectivity index (χ1n) is 13.1. The van der Waals surface area contributed by atoms with E-state index in [2.05, 4.69) is 0 Å². The van der Waals surface area contributed by atoms with Crippen LogP contribution >= 0.6 is 46.4 Å². The topological polar surface area (TPSA) is 101 Å². The van der Waals surface area contributed by atoms with E-state index in [0.717, 1.165) is 15.6 Å². The van der Waals surface area contributed by atoms with Crippen LogP contribution in [0.1, 0.15) is 50.8 Å². The third kappa shape index (κ3) is 6.33. The zero-order valence-electron chi connectivity index (χ0n) is 22.5. The van der Waals surface area contributed by atoms with Crippen LogP contribution in [0.15, 0.2) is 72.3 Å². The van der Waals surface area contributed by atoms with Gasteiger partial charge in [-0.25, -0.2) is 9.80 Å². The Morgan fingerprint density at radius 3 is 2.19 bits per heavy atom. The van der Waals surface area contributed by atoms with Crippen molar-refractivity contribution in [2.24, 2.45) is 11.8 Å². The van der Waals surface area contributed by atoms with Gasteiger partial charge in [0.05, 0.1) is 32.5 Å². The number of ketones is 1. The summed E-state index contributed by atoms with van der Waals surface area (Å²) in [6, 6.07) is 14.1. The second kappa shape index (κ2) is 12.5. The molecule has 1 fully saturated rings. The highest BCUT2D eigenvalue weighted by atomic mass is 35.5. The molecule has 3 aromatic carbocycles. The van der Waals surface area contributed by atoms with E-state index in [0.29, 0.717) is 17.9 Å². The second-order valence-corrected chi connectivity index (χ2v) is 11.8. The Bertz CT molecular complexity index is 1700. The molecule has 0 radical (unpaired) electrons. The Kier molecular flexibility index (Phi) is 8.94. The summed E-state index contributed by atoms with van der Waals surface area (Å²) in [7, 11) is 0. The Hall–Kier alpha value is -3.69. The number of amides is 3. The van der Waals surface area contributed by atoms with Gasteiger partial charge in [-0.15, -0.1) is 0 Å². The first kappa shape index (κ1) is 30.8. The molecule has 3 amide bonds. The van der Waals surface area contributed by atoms with Crippen LogP contribution in [-0.4, -0.2) is 46.0 Å². The Balaban J connectivity index is 1.39. The van der Waals surface area contributed by atoms with Crippen molar-refractivity contribution >= 4 is 75.9 Å². The lowest BCUT2D eigenvalue weighted by atomic mass is 9.82. The van der Waals surface area contributed by atoms with Crippen molar-refractivity contribution in [2.45, 2.75) is 19.8 Å². The van der Waals surface area contributed by atoms with Gasteiger partial charge >= 0.3 is 5.97 Å². The minimum Gasteiger partial charge on any atom is -0.423 e. The molecule has 1 aliphatic carbocycles. The highest BCUT2D eigenvalue weighted by Gasteiger charge is 2.51. The molecule has 1 heterocycles. The van der Waals surface area contributed by atoms with Crippen molar-refractivity contribution in [1.82, 2.24) is 10.0 Å². The molecule has 0 N–H and O–H groups in total. The number of hydrogen-bond donors (Lipinski definition) is 0. The fraction of sp³-hybridized carbons (Fsp3) is 0.194. The number of benzene rings is 3. The molecule has 0 aromatic heterocycles. The van der Waals surface area contributed by atoms with Gasteiger partial charge in [0.1, 0.15) is 12.3 Å². The average Bonchev–Trinajstić information content (AvgIpc) is 3.21. The Labute approximate surface area is 266 Å². The number of rotatable bonds is 7. The molecule has 0 saturated carbocycles. The van der Waals surface area contributed by atoms with Crippen LogP contribution in [0.3, 0.4) is 0 Å². The van der Waals surface area contributed by atoms with Gasteiger partial charge in [-0.05, 0) is 80.4 Å². The number of nitrogens with zero attached hydrogens (tertiary/aromatic N) is 2. The van der Waals surface area contributed by atoms with Gasteiger partial charge in [-0.1, -0.05) is 58.1 Å². The molecule has 0 bridgehead atoms. The number of ether oxygens (including phenoxy) is 1. The minimum absolute atomic E-state index is 0.0371. The molecule has 43 heavy (non-hydrogen) atoms. The summed E-state index contributed by atoms with van der Waals surface area (Å²) in [6.45, 7) is 1.26. The van der Waals surface area contributed by atoms with Crippen LogP contribution in [0.25, 0.3) is 0 Å². The summed E-state index contributed by atoms with van der Waals surface area (Å²) >= 11 is 24.1. The van der Waals surface area contributed by atoms with Gasteiger partial charge in [-0.3, -0.25) is 19.2 Å². The monoisotopic (exact) mass is 658 g/mol. The SMILES string of the molecule is CC1=CC[C@H]2C(=O)N(N(CC(=O)c3ccc(OC(=O)c4ccc(Cl)cc4Cl)cc3)C(=O)c3ccc(Cl)c(Cl)c3)C(=O)[C@H]2C1. The van der Waals surface area contributed by atoms with Crippen LogP contribution in [0.5, 0.6) is 5.75 Å². The zero-order valence-corrected chi connectivity index (χ0v) is 25.5. The van der Waals surface area contributed by atoms with Crippen molar-refractivity contribution in [2.75, 3.05) is 6.54 Å². The first-order valence-corrected chi connectivity index (χ1v) is 14.6. The number of Topliss-reactive ketones (excluding diaryl/α,β-unsaturated/α-hetero) is 1. The van der Waals surface area contributed by atoms with Gasteiger partial charge in [0.25, 0.3) is 17.7 Å². The lowest BCUT2D eigenvalue weighted by Crippen LogP contribution is -2.52. The fourth-order valence-corrected chi connectivity index (χ4v) is 5.81. The maximum absolute atomic E-state index is 13.7. The van der Waals surface area contributed by atoms with Gasteiger partial charge in [0.15, 0.2) is 5.78 Å². The number of hydrogen-bond acceptors (Lipinski definition) is 6. The van der Waals surface area contributed by atoms with Gasteiger partial charge in [-0.2, -0.15) is 5.01 Å². The summed E-state index contributed by atoms with van der Waals surface area (Å²) in [5.74, 6) is -4.29. The Morgan fingerprint density at radius 1 is 0.837 bits per heavy atom. The molecule has 1 saturated heterocycles. The van der Waals surface area contributed by atoms with Crippen molar-refractivity contribution in [1.29, 1.82) is 0 Å². The Morgan fingerprint density at radius 2 is 1.51 bits per heavy atom. The fourth-order valence-electron chi connectivity index (χ4n) is 5.02. The van der Waals surface area contributed by atoms with E-state index in [9.17, 15) is 24.0 Å². The molecule has 3 aromatic rings. The quantitative estimate of drug-likeness (QED) is 0.0882. The first-order chi connectivity index (χ1) is 20.4. The molecule has 5 rings (SSSR count). The maximum Gasteiger partial charge on any atom is 0.345 e. The second-order valence-electron chi connectivity index (χ2n) is 10.1. The van der Waals surface area contributed by atoms with E-state index < -0.39 is 47.9 Å². The van der Waals surface area contributed by atoms with Gasteiger partial charge in [0.2, 0.25) is 0 Å². The molecule has 12 heteroatoms. The summed E-state index contributed by atoms with van der Waals surface area (Å²) < 4.78 is 5.36. The molecule has 1 aliphatic heterocycles. The van der Waals surface area contributed by atoms with Crippen molar-refractivity contribution < 1.29 is 28.7 Å². The smallest absolute Gasteiger partial charge is 0.345 e. The van der Waals surface area contributed by atoms with Crippen LogP contribution in [0, 0.1) is 11.8 Å². The van der Waals surface area contributed by atoms with E-state index in [-0.39, 0.29) is 37.5 Å². The number of fused-ring (bicyclic) bond motifs is 1. The number of esters is 1. The number of halogens is 4. The molecule has 2 aliphatic rings. The van der Waals surface area contributed by atoms with E-state index in [1.165, 1.54) is 60.7 Å². The average molecular weight is 660 g/mol. The molecule has 8 nitrogen and oxygen atoms in total. The summed E-state index contributed by atoms with van der Waals surface area (Å²) in [5.41, 5.74) is 1.26. The number of carbonyl (C=O) groups excluding carboxylic acids is 5. The molecule has 2 atom stereocenters. The summed E-state index contributed by atoms with van der Waals surface area (Å²) in [6.07, 6.45) is 2.65.